The van der Waals surface area contributed by atoms with Crippen molar-refractivity contribution in [1.29, 1.82) is 0 Å². The van der Waals surface area contributed by atoms with Crippen molar-refractivity contribution in [2.75, 3.05) is 0 Å². The number of rotatable bonds is 4. The van der Waals surface area contributed by atoms with E-state index in [4.69, 9.17) is 4.74 Å². The smallest absolute Gasteiger partial charge is 0.276 e. The molecule has 0 N–H and O–H groups in total. The predicted octanol–water partition coefficient (Wildman–Crippen LogP) is 2.90. The molecule has 0 spiro atoms. The number of pyridine rings is 1. The third kappa shape index (κ3) is 2.57. The van der Waals surface area contributed by atoms with Crippen LogP contribution in [0.3, 0.4) is 0 Å². The number of hydrogen-bond acceptors (Lipinski definition) is 5. The molecule has 0 amide bonds. The van der Waals surface area contributed by atoms with E-state index >= 15 is 0 Å². The maximum Gasteiger partial charge on any atom is 0.276 e. The van der Waals surface area contributed by atoms with Crippen LogP contribution in [0.25, 0.3) is 0 Å². The zero-order valence-corrected chi connectivity index (χ0v) is 10.1. The van der Waals surface area contributed by atoms with E-state index in [1.165, 1.54) is 18.3 Å². The third-order valence-electron chi connectivity index (χ3n) is 2.59. The molecule has 0 aliphatic rings. The molecule has 0 aliphatic carbocycles. The highest BCUT2D eigenvalue weighted by Gasteiger charge is 2.15. The van der Waals surface area contributed by atoms with Gasteiger partial charge in [0, 0.05) is 12.3 Å². The quantitative estimate of drug-likeness (QED) is 0.478. The highest BCUT2D eigenvalue weighted by Crippen LogP contribution is 2.30. The first kappa shape index (κ1) is 12.7. The van der Waals surface area contributed by atoms with Crippen molar-refractivity contribution in [1.82, 2.24) is 4.98 Å². The lowest BCUT2D eigenvalue weighted by Gasteiger charge is -2.08. The Kier molecular flexibility index (Phi) is 3.51. The summed E-state index contributed by atoms with van der Waals surface area (Å²) in [6.45, 7) is 1.58. The van der Waals surface area contributed by atoms with E-state index in [1.54, 1.807) is 25.1 Å². The van der Waals surface area contributed by atoms with Gasteiger partial charge in [0.2, 0.25) is 5.88 Å². The van der Waals surface area contributed by atoms with E-state index in [0.717, 1.165) is 0 Å². The molecular weight excluding hydrogens is 248 g/mol. The van der Waals surface area contributed by atoms with E-state index in [2.05, 4.69) is 4.98 Å². The highest BCUT2D eigenvalue weighted by molar-refractivity contribution is 5.78. The average molecular weight is 258 g/mol. The van der Waals surface area contributed by atoms with Crippen LogP contribution < -0.4 is 4.74 Å². The van der Waals surface area contributed by atoms with Gasteiger partial charge in [-0.15, -0.1) is 0 Å². The number of nitrogens with zero attached hydrogens (tertiary/aromatic N) is 2. The van der Waals surface area contributed by atoms with Crippen molar-refractivity contribution >= 4 is 12.0 Å². The summed E-state index contributed by atoms with van der Waals surface area (Å²) < 4.78 is 5.48. The monoisotopic (exact) mass is 258 g/mol. The second-order valence-electron chi connectivity index (χ2n) is 3.78. The van der Waals surface area contributed by atoms with Gasteiger partial charge in [-0.2, -0.15) is 0 Å². The summed E-state index contributed by atoms with van der Waals surface area (Å²) >= 11 is 0. The molecule has 0 unspecified atom stereocenters. The fraction of sp³-hybridized carbons (Fsp3) is 0.0769. The van der Waals surface area contributed by atoms with Crippen LogP contribution in [0.15, 0.2) is 36.5 Å². The van der Waals surface area contributed by atoms with Gasteiger partial charge >= 0.3 is 0 Å². The highest BCUT2D eigenvalue weighted by atomic mass is 16.6. The zero-order chi connectivity index (χ0) is 13.8. The Labute approximate surface area is 108 Å². The first-order valence-electron chi connectivity index (χ1n) is 5.45. The Bertz CT molecular complexity index is 640. The van der Waals surface area contributed by atoms with Crippen LogP contribution in [0.1, 0.15) is 15.9 Å². The number of hydrogen-bond donors (Lipinski definition) is 0. The lowest BCUT2D eigenvalue weighted by Crippen LogP contribution is -1.97. The fourth-order valence-electron chi connectivity index (χ4n) is 1.59. The van der Waals surface area contributed by atoms with Gasteiger partial charge in [-0.3, -0.25) is 14.9 Å². The fourth-order valence-corrected chi connectivity index (χ4v) is 1.59. The molecule has 0 atom stereocenters. The van der Waals surface area contributed by atoms with E-state index < -0.39 is 4.92 Å². The number of aromatic nitrogens is 1. The van der Waals surface area contributed by atoms with Crippen molar-refractivity contribution in [2.45, 2.75) is 6.92 Å². The number of ether oxygens (including phenoxy) is 1. The van der Waals surface area contributed by atoms with Crippen molar-refractivity contribution in [2.24, 2.45) is 0 Å². The van der Waals surface area contributed by atoms with E-state index in [0.29, 0.717) is 17.6 Å². The van der Waals surface area contributed by atoms with Crippen molar-refractivity contribution in [3.63, 3.8) is 0 Å². The first-order valence-corrected chi connectivity index (χ1v) is 5.45. The number of carbonyl (C=O) groups excluding carboxylic acids is 1. The van der Waals surface area contributed by atoms with Crippen molar-refractivity contribution in [3.8, 4) is 11.6 Å². The van der Waals surface area contributed by atoms with Crippen LogP contribution in [0.4, 0.5) is 5.69 Å². The Morgan fingerprint density at radius 1 is 1.32 bits per heavy atom. The molecular formula is C13H10N2O4. The van der Waals surface area contributed by atoms with Gasteiger partial charge in [0.15, 0.2) is 6.29 Å². The molecule has 6 nitrogen and oxygen atoms in total. The molecule has 0 bridgehead atoms. The zero-order valence-electron chi connectivity index (χ0n) is 10.1. The number of aldehydes is 1. The summed E-state index contributed by atoms with van der Waals surface area (Å²) in [7, 11) is 0. The van der Waals surface area contributed by atoms with Crippen LogP contribution in [-0.4, -0.2) is 16.2 Å². The molecule has 0 fully saturated rings. The first-order chi connectivity index (χ1) is 9.13. The van der Waals surface area contributed by atoms with E-state index in [1.807, 2.05) is 0 Å². The Morgan fingerprint density at radius 2 is 2.11 bits per heavy atom. The SMILES string of the molecule is Cc1c(Oc2ncccc2C=O)cccc1[N+](=O)[O-]. The van der Waals surface area contributed by atoms with Gasteiger partial charge in [0.1, 0.15) is 5.75 Å². The molecule has 0 saturated heterocycles. The minimum absolute atomic E-state index is 0.0407. The maximum atomic E-state index is 10.8. The number of nitro benzene ring substituents is 1. The van der Waals surface area contributed by atoms with Gasteiger partial charge in [-0.05, 0) is 25.1 Å². The third-order valence-corrected chi connectivity index (χ3v) is 2.59. The molecule has 1 aromatic carbocycles. The molecule has 96 valence electrons. The molecule has 1 heterocycles. The molecule has 0 saturated carbocycles. The summed E-state index contributed by atoms with van der Waals surface area (Å²) in [5.41, 5.74) is 0.629. The van der Waals surface area contributed by atoms with Gasteiger partial charge in [-0.25, -0.2) is 4.98 Å². The summed E-state index contributed by atoms with van der Waals surface area (Å²) in [6, 6.07) is 7.66. The van der Waals surface area contributed by atoms with Crippen LogP contribution in [0.5, 0.6) is 11.6 Å². The van der Waals surface area contributed by atoms with Gasteiger partial charge in [0.05, 0.1) is 16.1 Å². The van der Waals surface area contributed by atoms with Crippen LogP contribution in [-0.2, 0) is 0 Å². The summed E-state index contributed by atoms with van der Waals surface area (Å²) in [5, 5.41) is 10.8. The summed E-state index contributed by atoms with van der Waals surface area (Å²) in [6.07, 6.45) is 2.10. The van der Waals surface area contributed by atoms with Crippen LogP contribution in [0.2, 0.25) is 0 Å². The van der Waals surface area contributed by atoms with Crippen molar-refractivity contribution < 1.29 is 14.5 Å². The molecule has 0 aliphatic heterocycles. The van der Waals surface area contributed by atoms with Crippen LogP contribution in [0, 0.1) is 17.0 Å². The summed E-state index contributed by atoms with van der Waals surface area (Å²) in [4.78, 5) is 25.1. The standard InChI is InChI=1S/C13H10N2O4/c1-9-11(15(17)18)5-2-6-12(9)19-13-10(8-16)4-3-7-14-13/h2-8H,1H3. The Balaban J connectivity index is 2.41. The number of nitro groups is 1. The minimum Gasteiger partial charge on any atom is -0.438 e. The van der Waals surface area contributed by atoms with Crippen molar-refractivity contribution in [3.05, 3.63) is 57.8 Å². The molecule has 19 heavy (non-hydrogen) atoms. The van der Waals surface area contributed by atoms with Crippen LogP contribution >= 0.6 is 0 Å². The van der Waals surface area contributed by atoms with E-state index in [-0.39, 0.29) is 17.1 Å². The topological polar surface area (TPSA) is 82.3 Å². The second-order valence-corrected chi connectivity index (χ2v) is 3.78. The van der Waals surface area contributed by atoms with Gasteiger partial charge < -0.3 is 4.74 Å². The Morgan fingerprint density at radius 3 is 2.79 bits per heavy atom. The predicted molar refractivity (Wildman–Crippen MR) is 67.5 cm³/mol. The molecule has 0 radical (unpaired) electrons. The lowest BCUT2D eigenvalue weighted by atomic mass is 10.2. The number of benzene rings is 1. The minimum atomic E-state index is -0.485. The van der Waals surface area contributed by atoms with E-state index in [9.17, 15) is 14.9 Å². The van der Waals surface area contributed by atoms with Gasteiger partial charge in [0.25, 0.3) is 5.69 Å². The molecule has 2 aromatic rings. The second kappa shape index (κ2) is 5.26. The Hall–Kier alpha value is -2.76. The molecule has 2 rings (SSSR count). The van der Waals surface area contributed by atoms with Gasteiger partial charge in [-0.1, -0.05) is 6.07 Å². The summed E-state index contributed by atoms with van der Waals surface area (Å²) in [5.74, 6) is 0.428. The maximum absolute atomic E-state index is 10.8. The number of carbonyl (C=O) groups is 1. The molecule has 1 aromatic heterocycles. The average Bonchev–Trinajstić information content (AvgIpc) is 2.41. The lowest BCUT2D eigenvalue weighted by molar-refractivity contribution is -0.385. The normalized spacial score (nSPS) is 9.95. The molecule has 6 heteroatoms. The largest absolute Gasteiger partial charge is 0.438 e.